The fraction of sp³-hybridized carbons (Fsp3) is 0.217. The quantitative estimate of drug-likeness (QED) is 0.513. The molecule has 1 amide bonds. The van der Waals surface area contributed by atoms with E-state index in [0.29, 0.717) is 22.3 Å². The van der Waals surface area contributed by atoms with Gasteiger partial charge in [-0.25, -0.2) is 8.78 Å². The Balaban J connectivity index is 1.60. The number of benzene rings is 2. The Hall–Kier alpha value is -3.52. The lowest BCUT2D eigenvalue weighted by molar-refractivity contribution is 0.0333. The van der Waals surface area contributed by atoms with Gasteiger partial charge in [-0.15, -0.1) is 0 Å². The van der Waals surface area contributed by atoms with Crippen molar-refractivity contribution in [3.05, 3.63) is 80.9 Å². The summed E-state index contributed by atoms with van der Waals surface area (Å²) in [5.41, 5.74) is 2.48. The van der Waals surface area contributed by atoms with Crippen molar-refractivity contribution in [2.45, 2.75) is 19.6 Å². The Kier molecular flexibility index (Phi) is 4.40. The molecule has 2 aromatic heterocycles. The SMILES string of the molecule is Cc1cc(F)cc2[nH]c(C(=O)N(C)[C@H]3COCc4[nH]c(=O)c5cc(F)ccc5c43)cc12. The Labute approximate surface area is 175 Å². The van der Waals surface area contributed by atoms with Crippen LogP contribution in [0.5, 0.6) is 0 Å². The number of halogens is 2. The van der Waals surface area contributed by atoms with Crippen LogP contribution in [0.3, 0.4) is 0 Å². The Morgan fingerprint density at radius 2 is 1.87 bits per heavy atom. The van der Waals surface area contributed by atoms with Crippen LogP contribution in [-0.2, 0) is 11.3 Å². The van der Waals surface area contributed by atoms with Crippen LogP contribution in [0.1, 0.15) is 33.4 Å². The molecule has 0 aliphatic carbocycles. The van der Waals surface area contributed by atoms with E-state index in [1.54, 1.807) is 26.1 Å². The summed E-state index contributed by atoms with van der Waals surface area (Å²) in [6.45, 7) is 2.20. The van der Waals surface area contributed by atoms with Crippen LogP contribution in [0.4, 0.5) is 8.78 Å². The minimum absolute atomic E-state index is 0.196. The zero-order chi connectivity index (χ0) is 21.9. The van der Waals surface area contributed by atoms with Crippen molar-refractivity contribution in [3.63, 3.8) is 0 Å². The highest BCUT2D eigenvalue weighted by molar-refractivity contribution is 5.99. The lowest BCUT2D eigenvalue weighted by atomic mass is 9.95. The van der Waals surface area contributed by atoms with Crippen molar-refractivity contribution in [1.82, 2.24) is 14.9 Å². The lowest BCUT2D eigenvalue weighted by Gasteiger charge is -2.33. The number of rotatable bonds is 2. The van der Waals surface area contributed by atoms with Crippen molar-refractivity contribution in [2.24, 2.45) is 0 Å². The minimum Gasteiger partial charge on any atom is -0.373 e. The molecule has 31 heavy (non-hydrogen) atoms. The third-order valence-electron chi connectivity index (χ3n) is 5.89. The number of fused-ring (bicyclic) bond motifs is 4. The molecule has 158 valence electrons. The van der Waals surface area contributed by atoms with Gasteiger partial charge in [-0.05, 0) is 48.2 Å². The van der Waals surface area contributed by atoms with Crippen molar-refractivity contribution >= 4 is 27.6 Å². The Morgan fingerprint density at radius 3 is 2.68 bits per heavy atom. The van der Waals surface area contributed by atoms with Gasteiger partial charge in [0.1, 0.15) is 17.3 Å². The predicted molar refractivity (Wildman–Crippen MR) is 112 cm³/mol. The highest BCUT2D eigenvalue weighted by Gasteiger charge is 2.31. The number of likely N-dealkylation sites (N-methyl/N-ethyl adjacent to an activating group) is 1. The van der Waals surface area contributed by atoms with E-state index < -0.39 is 17.4 Å². The summed E-state index contributed by atoms with van der Waals surface area (Å²) < 4.78 is 33.1. The highest BCUT2D eigenvalue weighted by Crippen LogP contribution is 2.34. The van der Waals surface area contributed by atoms with E-state index in [4.69, 9.17) is 4.74 Å². The third kappa shape index (κ3) is 3.11. The van der Waals surface area contributed by atoms with Gasteiger partial charge < -0.3 is 19.6 Å². The molecular weight excluding hydrogens is 404 g/mol. The van der Waals surface area contributed by atoms with Crippen LogP contribution in [0.2, 0.25) is 0 Å². The van der Waals surface area contributed by atoms with E-state index >= 15 is 0 Å². The van der Waals surface area contributed by atoms with Crippen LogP contribution in [-0.4, -0.2) is 34.4 Å². The molecule has 3 heterocycles. The average Bonchev–Trinajstić information content (AvgIpc) is 3.17. The highest BCUT2D eigenvalue weighted by atomic mass is 19.1. The van der Waals surface area contributed by atoms with Gasteiger partial charge in [0.25, 0.3) is 11.5 Å². The maximum absolute atomic E-state index is 13.7. The van der Waals surface area contributed by atoms with Crippen molar-refractivity contribution in [1.29, 1.82) is 0 Å². The number of carbonyl (C=O) groups excluding carboxylic acids is 1. The molecule has 8 heteroatoms. The Bertz CT molecular complexity index is 1420. The number of ether oxygens (including phenoxy) is 1. The molecule has 2 N–H and O–H groups in total. The summed E-state index contributed by atoms with van der Waals surface area (Å²) in [7, 11) is 1.64. The molecule has 0 radical (unpaired) electrons. The van der Waals surface area contributed by atoms with Crippen molar-refractivity contribution in [2.75, 3.05) is 13.7 Å². The van der Waals surface area contributed by atoms with Crippen LogP contribution >= 0.6 is 0 Å². The van der Waals surface area contributed by atoms with E-state index in [0.717, 1.165) is 16.5 Å². The summed E-state index contributed by atoms with van der Waals surface area (Å²) in [6, 6.07) is 8.03. The lowest BCUT2D eigenvalue weighted by Crippen LogP contribution is -2.37. The van der Waals surface area contributed by atoms with Gasteiger partial charge in [0.2, 0.25) is 0 Å². The number of aromatic amines is 2. The molecule has 4 aromatic rings. The summed E-state index contributed by atoms with van der Waals surface area (Å²) in [4.78, 5) is 33.0. The van der Waals surface area contributed by atoms with Crippen molar-refractivity contribution < 1.29 is 18.3 Å². The summed E-state index contributed by atoms with van der Waals surface area (Å²) in [6.07, 6.45) is 0. The van der Waals surface area contributed by atoms with Gasteiger partial charge in [0.15, 0.2) is 0 Å². The zero-order valence-electron chi connectivity index (χ0n) is 16.9. The topological polar surface area (TPSA) is 78.2 Å². The maximum Gasteiger partial charge on any atom is 0.270 e. The number of nitrogens with zero attached hydrogens (tertiary/aromatic N) is 1. The second-order valence-electron chi connectivity index (χ2n) is 7.85. The third-order valence-corrected chi connectivity index (χ3v) is 5.89. The number of aromatic nitrogens is 2. The van der Waals surface area contributed by atoms with Crippen LogP contribution < -0.4 is 5.56 Å². The van der Waals surface area contributed by atoms with Gasteiger partial charge in [0.05, 0.1) is 24.6 Å². The van der Waals surface area contributed by atoms with E-state index in [1.165, 1.54) is 29.2 Å². The molecule has 0 unspecified atom stereocenters. The standard InChI is InChI=1S/C23H19F2N3O3/c1-11-5-13(25)7-17-15(11)8-18(26-17)23(30)28(2)20-10-31-9-19-21(20)14-4-3-12(24)6-16(14)22(29)27-19/h3-8,20,26H,9-10H2,1-2H3,(H,27,29)/t20-/m0/s1. The van der Waals surface area contributed by atoms with Crippen LogP contribution in [0.25, 0.3) is 21.7 Å². The first-order chi connectivity index (χ1) is 14.8. The second kappa shape index (κ2) is 7.02. The fourth-order valence-corrected chi connectivity index (χ4v) is 4.35. The maximum atomic E-state index is 13.7. The van der Waals surface area contributed by atoms with Crippen molar-refractivity contribution in [3.8, 4) is 0 Å². The van der Waals surface area contributed by atoms with E-state index in [1.807, 2.05) is 0 Å². The predicted octanol–water partition coefficient (Wildman–Crippen LogP) is 3.94. The Morgan fingerprint density at radius 1 is 1.06 bits per heavy atom. The van der Waals surface area contributed by atoms with E-state index in [2.05, 4.69) is 9.97 Å². The summed E-state index contributed by atoms with van der Waals surface area (Å²) in [5, 5.41) is 1.58. The monoisotopic (exact) mass is 423 g/mol. The molecule has 0 spiro atoms. The number of hydrogen-bond acceptors (Lipinski definition) is 3. The largest absolute Gasteiger partial charge is 0.373 e. The van der Waals surface area contributed by atoms with E-state index in [-0.39, 0.29) is 30.3 Å². The molecular formula is C23H19F2N3O3. The molecule has 0 bridgehead atoms. The number of pyridine rings is 1. The molecule has 1 atom stereocenters. The van der Waals surface area contributed by atoms with Gasteiger partial charge in [-0.1, -0.05) is 6.07 Å². The number of amides is 1. The first kappa shape index (κ1) is 19.4. The smallest absolute Gasteiger partial charge is 0.270 e. The molecule has 0 saturated carbocycles. The molecule has 2 aromatic carbocycles. The average molecular weight is 423 g/mol. The number of hydrogen-bond donors (Lipinski definition) is 2. The molecule has 1 aliphatic rings. The summed E-state index contributed by atoms with van der Waals surface area (Å²) in [5.74, 6) is -1.19. The van der Waals surface area contributed by atoms with Gasteiger partial charge in [-0.3, -0.25) is 9.59 Å². The number of H-pyrrole nitrogens is 2. The minimum atomic E-state index is -0.508. The van der Waals surface area contributed by atoms with Gasteiger partial charge in [0, 0.05) is 29.2 Å². The van der Waals surface area contributed by atoms with Gasteiger partial charge >= 0.3 is 0 Å². The molecule has 0 saturated heterocycles. The second-order valence-corrected chi connectivity index (χ2v) is 7.85. The molecule has 5 rings (SSSR count). The number of carbonyl (C=O) groups is 1. The normalized spacial score (nSPS) is 15.9. The zero-order valence-corrected chi connectivity index (χ0v) is 16.9. The van der Waals surface area contributed by atoms with Crippen LogP contribution in [0.15, 0.2) is 41.2 Å². The molecule has 1 aliphatic heterocycles. The molecule has 0 fully saturated rings. The van der Waals surface area contributed by atoms with E-state index in [9.17, 15) is 18.4 Å². The van der Waals surface area contributed by atoms with Gasteiger partial charge in [-0.2, -0.15) is 0 Å². The fourth-order valence-electron chi connectivity index (χ4n) is 4.35. The van der Waals surface area contributed by atoms with Crippen LogP contribution in [0, 0.1) is 18.6 Å². The first-order valence-electron chi connectivity index (χ1n) is 9.81. The summed E-state index contributed by atoms with van der Waals surface area (Å²) >= 11 is 0. The molecule has 6 nitrogen and oxygen atoms in total. The number of aryl methyl sites for hydroxylation is 1. The number of nitrogens with one attached hydrogen (secondary N) is 2. The first-order valence-corrected chi connectivity index (χ1v) is 9.81.